The van der Waals surface area contributed by atoms with Gasteiger partial charge in [0.2, 0.25) is 0 Å². The van der Waals surface area contributed by atoms with E-state index in [9.17, 15) is 4.39 Å². The van der Waals surface area contributed by atoms with Crippen LogP contribution in [0.15, 0.2) is 72.8 Å². The molecule has 1 aliphatic heterocycles. The third kappa shape index (κ3) is 4.99. The summed E-state index contributed by atoms with van der Waals surface area (Å²) in [4.78, 5) is 4.39. The molecular weight excluding hydrogens is 467 g/mol. The first-order valence-electron chi connectivity index (χ1n) is 11.5. The van der Waals surface area contributed by atoms with Crippen molar-refractivity contribution >= 4 is 17.3 Å². The second-order valence-electron chi connectivity index (χ2n) is 8.44. The van der Waals surface area contributed by atoms with Crippen molar-refractivity contribution in [1.29, 1.82) is 0 Å². The molecule has 0 saturated carbocycles. The van der Waals surface area contributed by atoms with Crippen molar-refractivity contribution in [2.75, 3.05) is 38.2 Å². The predicted octanol–water partition coefficient (Wildman–Crippen LogP) is 4.43. The first-order chi connectivity index (χ1) is 17.1. The number of ether oxygens (including phenoxy) is 1. The number of nitrogens with zero attached hydrogens (tertiary/aromatic N) is 6. The van der Waals surface area contributed by atoms with Gasteiger partial charge in [0.25, 0.3) is 0 Å². The van der Waals surface area contributed by atoms with E-state index in [0.29, 0.717) is 49.3 Å². The quantitative estimate of drug-likeness (QED) is 0.380. The van der Waals surface area contributed by atoms with Crippen LogP contribution in [0, 0.1) is 5.82 Å². The Morgan fingerprint density at radius 2 is 1.66 bits per heavy atom. The number of hydrogen-bond donors (Lipinski definition) is 0. The van der Waals surface area contributed by atoms with Gasteiger partial charge in [-0.15, -0.1) is 5.10 Å². The number of hydrogen-bond acceptors (Lipinski definition) is 6. The first-order valence-corrected chi connectivity index (χ1v) is 11.9. The summed E-state index contributed by atoms with van der Waals surface area (Å²) in [5.74, 6) is 1.31. The summed E-state index contributed by atoms with van der Waals surface area (Å²) in [5.41, 5.74) is 2.63. The molecule has 2 heterocycles. The molecule has 0 amide bonds. The highest BCUT2D eigenvalue weighted by molar-refractivity contribution is 6.31. The normalized spacial score (nSPS) is 15.2. The predicted molar refractivity (Wildman–Crippen MR) is 133 cm³/mol. The van der Waals surface area contributed by atoms with Gasteiger partial charge in [-0.2, -0.15) is 0 Å². The number of tetrazole rings is 1. The fraction of sp³-hybridized carbons (Fsp3) is 0.269. The van der Waals surface area contributed by atoms with Crippen molar-refractivity contribution in [3.05, 3.63) is 101 Å². The van der Waals surface area contributed by atoms with Gasteiger partial charge in [-0.3, -0.25) is 4.90 Å². The van der Waals surface area contributed by atoms with Crippen molar-refractivity contribution in [2.24, 2.45) is 0 Å². The Labute approximate surface area is 208 Å². The standard InChI is InChI=1S/C26H26ClFN6O/c1-35-20-12-10-19(11-13-20)18-34-26(29-30-31-34)25(21-6-2-3-7-22(21)27)33-16-14-32(15-17-33)24-9-5-4-8-23(24)28/h2-13,25H,14-18H2,1H3. The van der Waals surface area contributed by atoms with Gasteiger partial charge >= 0.3 is 0 Å². The average Bonchev–Trinajstić information content (AvgIpc) is 3.34. The number of anilines is 1. The second-order valence-corrected chi connectivity index (χ2v) is 8.85. The molecule has 4 aromatic rings. The fourth-order valence-electron chi connectivity index (χ4n) is 4.55. The zero-order valence-corrected chi connectivity index (χ0v) is 20.1. The molecule has 0 N–H and O–H groups in total. The van der Waals surface area contributed by atoms with Crippen molar-refractivity contribution in [1.82, 2.24) is 25.1 Å². The lowest BCUT2D eigenvalue weighted by Gasteiger charge is -2.40. The molecule has 1 unspecified atom stereocenters. The van der Waals surface area contributed by atoms with Crippen molar-refractivity contribution in [2.45, 2.75) is 12.6 Å². The molecule has 0 radical (unpaired) electrons. The Morgan fingerprint density at radius 1 is 0.943 bits per heavy atom. The monoisotopic (exact) mass is 492 g/mol. The fourth-order valence-corrected chi connectivity index (χ4v) is 4.79. The Morgan fingerprint density at radius 3 is 2.37 bits per heavy atom. The van der Waals surface area contributed by atoms with Crippen LogP contribution in [0.3, 0.4) is 0 Å². The van der Waals surface area contributed by atoms with Crippen LogP contribution < -0.4 is 9.64 Å². The smallest absolute Gasteiger partial charge is 0.173 e. The molecule has 1 atom stereocenters. The van der Waals surface area contributed by atoms with E-state index in [2.05, 4.69) is 25.3 Å². The van der Waals surface area contributed by atoms with Gasteiger partial charge in [0.05, 0.1) is 25.4 Å². The Balaban J connectivity index is 1.43. The average molecular weight is 493 g/mol. The number of para-hydroxylation sites is 1. The van der Waals surface area contributed by atoms with Gasteiger partial charge < -0.3 is 9.64 Å². The van der Waals surface area contributed by atoms with Crippen LogP contribution in [0.5, 0.6) is 5.75 Å². The van der Waals surface area contributed by atoms with Crippen LogP contribution in [-0.2, 0) is 6.54 Å². The van der Waals surface area contributed by atoms with E-state index >= 15 is 0 Å². The molecule has 9 heteroatoms. The number of piperazine rings is 1. The Kier molecular flexibility index (Phi) is 6.92. The number of methoxy groups -OCH3 is 1. The molecular formula is C26H26ClFN6O. The molecule has 35 heavy (non-hydrogen) atoms. The van der Waals surface area contributed by atoms with Crippen molar-refractivity contribution in [3.63, 3.8) is 0 Å². The molecule has 3 aromatic carbocycles. The minimum absolute atomic E-state index is 0.202. The summed E-state index contributed by atoms with van der Waals surface area (Å²) >= 11 is 6.67. The molecule has 1 saturated heterocycles. The molecule has 1 aliphatic rings. The minimum atomic E-state index is -0.236. The van der Waals surface area contributed by atoms with Crippen molar-refractivity contribution < 1.29 is 9.13 Å². The molecule has 1 fully saturated rings. The Bertz CT molecular complexity index is 1270. The summed E-state index contributed by atoms with van der Waals surface area (Å²) in [5, 5.41) is 13.4. The summed E-state index contributed by atoms with van der Waals surface area (Å²) < 4.78 is 21.5. The van der Waals surface area contributed by atoms with Crippen molar-refractivity contribution in [3.8, 4) is 5.75 Å². The van der Waals surface area contributed by atoms with E-state index in [1.807, 2.05) is 65.3 Å². The number of rotatable bonds is 7. The third-order valence-corrected chi connectivity index (χ3v) is 6.71. The highest BCUT2D eigenvalue weighted by Crippen LogP contribution is 2.33. The van der Waals surface area contributed by atoms with Gasteiger partial charge in [0, 0.05) is 31.2 Å². The largest absolute Gasteiger partial charge is 0.497 e. The summed E-state index contributed by atoms with van der Waals surface area (Å²) in [6.07, 6.45) is 0. The molecule has 7 nitrogen and oxygen atoms in total. The molecule has 180 valence electrons. The SMILES string of the molecule is COc1ccc(Cn2nnnc2C(c2ccccc2Cl)N2CCN(c3ccccc3F)CC2)cc1. The van der Waals surface area contributed by atoms with Crippen LogP contribution in [-0.4, -0.2) is 58.4 Å². The van der Waals surface area contributed by atoms with Gasteiger partial charge in [0.15, 0.2) is 5.82 Å². The maximum Gasteiger partial charge on any atom is 0.173 e. The van der Waals surface area contributed by atoms with Crippen LogP contribution >= 0.6 is 11.6 Å². The molecule has 5 rings (SSSR count). The van der Waals surface area contributed by atoms with Crippen LogP contribution in [0.1, 0.15) is 23.0 Å². The maximum atomic E-state index is 14.4. The Hall–Kier alpha value is -3.49. The zero-order chi connectivity index (χ0) is 24.2. The highest BCUT2D eigenvalue weighted by atomic mass is 35.5. The highest BCUT2D eigenvalue weighted by Gasteiger charge is 2.32. The van der Waals surface area contributed by atoms with Crippen LogP contribution in [0.25, 0.3) is 0 Å². The van der Waals surface area contributed by atoms with E-state index in [0.717, 1.165) is 16.9 Å². The first kappa shape index (κ1) is 23.3. The van der Waals surface area contributed by atoms with E-state index in [1.54, 1.807) is 13.2 Å². The molecule has 1 aromatic heterocycles. The lowest BCUT2D eigenvalue weighted by atomic mass is 10.0. The molecule has 0 bridgehead atoms. The van der Waals surface area contributed by atoms with Crippen LogP contribution in [0.4, 0.5) is 10.1 Å². The van der Waals surface area contributed by atoms with E-state index in [-0.39, 0.29) is 11.9 Å². The van der Waals surface area contributed by atoms with E-state index < -0.39 is 0 Å². The minimum Gasteiger partial charge on any atom is -0.497 e. The summed E-state index contributed by atoms with van der Waals surface area (Å²) in [7, 11) is 1.65. The summed E-state index contributed by atoms with van der Waals surface area (Å²) in [6, 6.07) is 22.3. The van der Waals surface area contributed by atoms with Gasteiger partial charge in [-0.1, -0.05) is 54.1 Å². The lowest BCUT2D eigenvalue weighted by molar-refractivity contribution is 0.201. The van der Waals surface area contributed by atoms with E-state index in [4.69, 9.17) is 16.3 Å². The topological polar surface area (TPSA) is 59.3 Å². The van der Waals surface area contributed by atoms with Gasteiger partial charge in [-0.25, -0.2) is 9.07 Å². The number of halogens is 2. The van der Waals surface area contributed by atoms with Crippen LogP contribution in [0.2, 0.25) is 5.02 Å². The number of aromatic nitrogens is 4. The zero-order valence-electron chi connectivity index (χ0n) is 19.4. The maximum absolute atomic E-state index is 14.4. The summed E-state index contributed by atoms with van der Waals surface area (Å²) in [6.45, 7) is 3.30. The second kappa shape index (κ2) is 10.4. The van der Waals surface area contributed by atoms with Gasteiger partial charge in [-0.05, 0) is 51.9 Å². The molecule has 0 spiro atoms. The lowest BCUT2D eigenvalue weighted by Crippen LogP contribution is -2.48. The van der Waals surface area contributed by atoms with Gasteiger partial charge in [0.1, 0.15) is 11.6 Å². The van der Waals surface area contributed by atoms with E-state index in [1.165, 1.54) is 6.07 Å². The molecule has 0 aliphatic carbocycles. The third-order valence-electron chi connectivity index (χ3n) is 6.37. The number of benzene rings is 3.